The van der Waals surface area contributed by atoms with Crippen LogP contribution in [0.3, 0.4) is 0 Å². The number of hydrogen-bond donors (Lipinski definition) is 3. The second-order valence-electron chi connectivity index (χ2n) is 5.09. The quantitative estimate of drug-likeness (QED) is 0.293. The Labute approximate surface area is 141 Å². The van der Waals surface area contributed by atoms with Crippen LogP contribution < -0.4 is 11.7 Å². The third-order valence-electron chi connectivity index (χ3n) is 3.69. The molecule has 0 atom stereocenters. The fourth-order valence-electron chi connectivity index (χ4n) is 2.71. The summed E-state index contributed by atoms with van der Waals surface area (Å²) in [5.41, 5.74) is 4.53. The Balaban J connectivity index is 0.000000487. The molecule has 0 saturated heterocycles. The van der Waals surface area contributed by atoms with Crippen molar-refractivity contribution in [3.05, 3.63) is 83.9 Å². The van der Waals surface area contributed by atoms with E-state index >= 15 is 0 Å². The van der Waals surface area contributed by atoms with Crippen molar-refractivity contribution in [2.24, 2.45) is 11.7 Å². The van der Waals surface area contributed by atoms with Gasteiger partial charge in [0.2, 0.25) is 0 Å². The molecule has 5 N–H and O–H groups in total. The highest BCUT2D eigenvalue weighted by molar-refractivity contribution is 6.04. The van der Waals surface area contributed by atoms with Gasteiger partial charge in [0.05, 0.1) is 0 Å². The van der Waals surface area contributed by atoms with Gasteiger partial charge in [0, 0.05) is 10.8 Å². The molecule has 24 heavy (non-hydrogen) atoms. The zero-order valence-electron chi connectivity index (χ0n) is 13.4. The summed E-state index contributed by atoms with van der Waals surface area (Å²) in [4.78, 5) is 0. The van der Waals surface area contributed by atoms with E-state index in [1.807, 2.05) is 18.2 Å². The molecule has 0 aliphatic heterocycles. The monoisotopic (exact) mass is 319 g/mol. The number of hydrazine groups is 1. The zero-order chi connectivity index (χ0) is 17.4. The first-order chi connectivity index (χ1) is 11.9. The van der Waals surface area contributed by atoms with E-state index in [9.17, 15) is 0 Å². The average Bonchev–Trinajstić information content (AvgIpc) is 3.03. The molecule has 4 aromatic rings. The molecule has 3 aromatic carbocycles. The smallest absolute Gasteiger partial charge is 0.135 e. The summed E-state index contributed by atoms with van der Waals surface area (Å²) < 4.78 is 5.93. The highest BCUT2D eigenvalue weighted by Gasteiger charge is 2.06. The van der Waals surface area contributed by atoms with Crippen LogP contribution in [0, 0.1) is 5.41 Å². The highest BCUT2D eigenvalue weighted by atomic mass is 16.3. The first-order valence-electron chi connectivity index (χ1n) is 7.53. The second-order valence-corrected chi connectivity index (χ2v) is 5.09. The fraction of sp³-hybridized carbons (Fsp3) is 0.0500. The van der Waals surface area contributed by atoms with Crippen LogP contribution in [0.4, 0.5) is 0 Å². The first kappa shape index (κ1) is 17.4. The Morgan fingerprint density at radius 2 is 1.33 bits per heavy atom. The molecule has 0 radical (unpaired) electrons. The molecule has 4 heteroatoms. The van der Waals surface area contributed by atoms with Gasteiger partial charge in [-0.15, -0.1) is 0 Å². The molecule has 1 aromatic heterocycles. The van der Waals surface area contributed by atoms with Crippen LogP contribution >= 0.6 is 0 Å². The predicted octanol–water partition coefficient (Wildman–Crippen LogP) is 4.26. The summed E-state index contributed by atoms with van der Waals surface area (Å²) in [6.45, 7) is 2.50. The van der Waals surface area contributed by atoms with Gasteiger partial charge in [-0.2, -0.15) is 0 Å². The lowest BCUT2D eigenvalue weighted by molar-refractivity contribution is 0.668. The summed E-state index contributed by atoms with van der Waals surface area (Å²) in [5, 5.41) is 7.88. The number of rotatable bonds is 2. The van der Waals surface area contributed by atoms with Crippen molar-refractivity contribution in [2.75, 3.05) is 0 Å². The summed E-state index contributed by atoms with van der Waals surface area (Å²) in [5.74, 6) is 8.00. The number of hydrogen-bond acceptors (Lipinski definition) is 4. The molecular formula is C20H21N3O. The second kappa shape index (κ2) is 8.62. The van der Waals surface area contributed by atoms with Gasteiger partial charge >= 0.3 is 0 Å². The molecule has 122 valence electrons. The van der Waals surface area contributed by atoms with E-state index in [2.05, 4.69) is 73.0 Å². The van der Waals surface area contributed by atoms with E-state index in [1.165, 1.54) is 21.9 Å². The molecule has 1 heterocycles. The van der Waals surface area contributed by atoms with E-state index in [0.717, 1.165) is 17.6 Å². The maximum Gasteiger partial charge on any atom is 0.135 e. The van der Waals surface area contributed by atoms with Crippen molar-refractivity contribution in [3.8, 4) is 0 Å². The van der Waals surface area contributed by atoms with Crippen LogP contribution in [-0.2, 0) is 6.42 Å². The standard InChI is InChI=1S/C19H14O.CH3N.H4N2/c1-2-6-14(7-3-1)12-15-10-11-17-16-8-4-5-9-18(16)20-19(17)13-15;2*1-2/h1-11,13H,12H2;2H,1H2;1-2H2. The molecule has 0 fully saturated rings. The maximum absolute atomic E-state index is 5.93. The Bertz CT molecular complexity index is 900. The molecule has 4 nitrogen and oxygen atoms in total. The van der Waals surface area contributed by atoms with Crippen LogP contribution in [0.1, 0.15) is 11.1 Å². The van der Waals surface area contributed by atoms with Gasteiger partial charge in [0.25, 0.3) is 0 Å². The molecule has 0 amide bonds. The first-order valence-corrected chi connectivity index (χ1v) is 7.53. The summed E-state index contributed by atoms with van der Waals surface area (Å²) >= 11 is 0. The molecule has 0 bridgehead atoms. The largest absolute Gasteiger partial charge is 0.456 e. The Morgan fingerprint density at radius 1 is 0.708 bits per heavy atom. The molecule has 0 spiro atoms. The molecule has 0 saturated carbocycles. The number of benzene rings is 3. The van der Waals surface area contributed by atoms with Crippen molar-refractivity contribution < 1.29 is 4.42 Å². The van der Waals surface area contributed by atoms with Gasteiger partial charge in [0.15, 0.2) is 0 Å². The maximum atomic E-state index is 5.93. The van der Waals surface area contributed by atoms with Crippen molar-refractivity contribution in [3.63, 3.8) is 0 Å². The van der Waals surface area contributed by atoms with Crippen LogP contribution in [0.25, 0.3) is 21.9 Å². The minimum Gasteiger partial charge on any atom is -0.456 e. The van der Waals surface area contributed by atoms with Crippen LogP contribution in [0.5, 0.6) is 0 Å². The summed E-state index contributed by atoms with van der Waals surface area (Å²) in [6, 6.07) is 25.2. The molecule has 0 aliphatic rings. The van der Waals surface area contributed by atoms with Gasteiger partial charge in [-0.1, -0.05) is 60.7 Å². The lowest BCUT2D eigenvalue weighted by Gasteiger charge is -2.01. The summed E-state index contributed by atoms with van der Waals surface area (Å²) in [6.07, 6.45) is 0.938. The van der Waals surface area contributed by atoms with E-state index < -0.39 is 0 Å². The number of nitrogens with two attached hydrogens (primary N) is 2. The van der Waals surface area contributed by atoms with Crippen LogP contribution in [0.2, 0.25) is 0 Å². The van der Waals surface area contributed by atoms with Crippen molar-refractivity contribution in [1.29, 1.82) is 5.41 Å². The Hall–Kier alpha value is -2.95. The van der Waals surface area contributed by atoms with E-state index in [4.69, 9.17) is 9.83 Å². The van der Waals surface area contributed by atoms with Crippen molar-refractivity contribution in [1.82, 2.24) is 0 Å². The molecule has 4 rings (SSSR count). The van der Waals surface area contributed by atoms with Crippen LogP contribution in [0.15, 0.2) is 77.2 Å². The Kier molecular flexibility index (Phi) is 6.25. The lowest BCUT2D eigenvalue weighted by Crippen LogP contribution is -2.02. The molecular weight excluding hydrogens is 298 g/mol. The van der Waals surface area contributed by atoms with E-state index in [1.54, 1.807) is 0 Å². The lowest BCUT2D eigenvalue weighted by atomic mass is 10.0. The van der Waals surface area contributed by atoms with Gasteiger partial charge < -0.3 is 9.83 Å². The number of para-hydroxylation sites is 1. The average molecular weight is 319 g/mol. The third kappa shape index (κ3) is 3.68. The molecule has 0 unspecified atom stereocenters. The topological polar surface area (TPSA) is 89.0 Å². The summed E-state index contributed by atoms with van der Waals surface area (Å²) in [7, 11) is 0. The third-order valence-corrected chi connectivity index (χ3v) is 3.69. The van der Waals surface area contributed by atoms with Crippen molar-refractivity contribution >= 4 is 28.7 Å². The molecule has 0 aliphatic carbocycles. The SMILES string of the molecule is C=N.NN.c1ccc(Cc2ccc3c(c2)oc2ccccc23)cc1. The Morgan fingerprint density at radius 3 is 2.08 bits per heavy atom. The van der Waals surface area contributed by atoms with Crippen LogP contribution in [-0.4, -0.2) is 6.72 Å². The number of nitrogens with one attached hydrogen (secondary N) is 1. The highest BCUT2D eigenvalue weighted by Crippen LogP contribution is 2.29. The number of fused-ring (bicyclic) bond motifs is 3. The van der Waals surface area contributed by atoms with Gasteiger partial charge in [-0.25, -0.2) is 0 Å². The zero-order valence-corrected chi connectivity index (χ0v) is 13.4. The minimum atomic E-state index is 0.938. The minimum absolute atomic E-state index is 0.938. The number of furan rings is 1. The van der Waals surface area contributed by atoms with Gasteiger partial charge in [-0.05, 0) is 36.4 Å². The van der Waals surface area contributed by atoms with E-state index in [0.29, 0.717) is 0 Å². The van der Waals surface area contributed by atoms with Gasteiger partial charge in [-0.3, -0.25) is 11.7 Å². The van der Waals surface area contributed by atoms with Gasteiger partial charge in [0.1, 0.15) is 11.2 Å². The van der Waals surface area contributed by atoms with E-state index in [-0.39, 0.29) is 0 Å². The fourth-order valence-corrected chi connectivity index (χ4v) is 2.71. The van der Waals surface area contributed by atoms with Crippen molar-refractivity contribution in [2.45, 2.75) is 6.42 Å². The predicted molar refractivity (Wildman–Crippen MR) is 101 cm³/mol. The normalized spacial score (nSPS) is 9.75.